The van der Waals surface area contributed by atoms with Crippen molar-refractivity contribution in [1.82, 2.24) is 10.9 Å². The van der Waals surface area contributed by atoms with Gasteiger partial charge in [0.25, 0.3) is 5.91 Å². The van der Waals surface area contributed by atoms with E-state index in [1.807, 2.05) is 36.4 Å². The number of nitriles is 1. The Morgan fingerprint density at radius 1 is 0.824 bits per heavy atom. The molecule has 0 bridgehead atoms. The second-order valence-corrected chi connectivity index (χ2v) is 7.29. The van der Waals surface area contributed by atoms with Crippen molar-refractivity contribution in [2.75, 3.05) is 20.8 Å². The third kappa shape index (κ3) is 6.74. The highest BCUT2D eigenvalue weighted by Crippen LogP contribution is 2.28. The minimum Gasteiger partial charge on any atom is -0.493 e. The Morgan fingerprint density at radius 3 is 2.06 bits per heavy atom. The lowest BCUT2D eigenvalue weighted by atomic mass is 10.0. The Hall–Kier alpha value is -4.51. The number of hydrazine groups is 1. The number of benzene rings is 3. The van der Waals surface area contributed by atoms with Gasteiger partial charge in [-0.1, -0.05) is 30.3 Å². The molecule has 0 unspecified atom stereocenters. The van der Waals surface area contributed by atoms with Crippen LogP contribution in [0.3, 0.4) is 0 Å². The number of amides is 2. The van der Waals surface area contributed by atoms with Gasteiger partial charge < -0.3 is 14.2 Å². The largest absolute Gasteiger partial charge is 0.493 e. The fraction of sp³-hybridized carbons (Fsp3) is 0.192. The molecule has 0 saturated carbocycles. The predicted octanol–water partition coefficient (Wildman–Crippen LogP) is 3.40. The van der Waals surface area contributed by atoms with Gasteiger partial charge in [0.2, 0.25) is 5.91 Å². The maximum atomic E-state index is 12.0. The smallest absolute Gasteiger partial charge is 0.276 e. The second kappa shape index (κ2) is 11.9. The molecule has 0 atom stereocenters. The molecule has 3 aromatic carbocycles. The summed E-state index contributed by atoms with van der Waals surface area (Å²) in [7, 11) is 3.11. The van der Waals surface area contributed by atoms with Gasteiger partial charge in [0.05, 0.1) is 25.9 Å². The highest BCUT2D eigenvalue weighted by Gasteiger charge is 2.09. The number of ether oxygens (including phenoxy) is 3. The van der Waals surface area contributed by atoms with Crippen molar-refractivity contribution >= 4 is 11.8 Å². The molecular weight excluding hydrogens is 434 g/mol. The van der Waals surface area contributed by atoms with Crippen molar-refractivity contribution in [3.05, 3.63) is 77.9 Å². The van der Waals surface area contributed by atoms with Gasteiger partial charge >= 0.3 is 0 Å². The van der Waals surface area contributed by atoms with Crippen LogP contribution < -0.4 is 25.1 Å². The third-order valence-electron chi connectivity index (χ3n) is 5.00. The SMILES string of the molecule is COc1ccc(CCC(=O)NNC(=O)COc2ccc(-c3ccc(C#N)cc3)cc2)cc1OC. The summed E-state index contributed by atoms with van der Waals surface area (Å²) in [5.41, 5.74) is 8.17. The van der Waals surface area contributed by atoms with Crippen molar-refractivity contribution in [2.24, 2.45) is 0 Å². The van der Waals surface area contributed by atoms with Crippen molar-refractivity contribution in [3.8, 4) is 34.4 Å². The van der Waals surface area contributed by atoms with Crippen molar-refractivity contribution < 1.29 is 23.8 Å². The lowest BCUT2D eigenvalue weighted by molar-refractivity contribution is -0.130. The number of carbonyl (C=O) groups excluding carboxylic acids is 2. The summed E-state index contributed by atoms with van der Waals surface area (Å²) < 4.78 is 15.9. The van der Waals surface area contributed by atoms with Crippen molar-refractivity contribution in [1.29, 1.82) is 5.26 Å². The number of rotatable bonds is 9. The highest BCUT2D eigenvalue weighted by atomic mass is 16.5. The Bertz CT molecular complexity index is 1170. The summed E-state index contributed by atoms with van der Waals surface area (Å²) in [6.07, 6.45) is 0.664. The van der Waals surface area contributed by atoms with E-state index in [-0.39, 0.29) is 18.9 Å². The molecule has 2 amide bonds. The van der Waals surface area contributed by atoms with E-state index in [1.54, 1.807) is 44.6 Å². The van der Waals surface area contributed by atoms with Crippen molar-refractivity contribution in [2.45, 2.75) is 12.8 Å². The molecule has 0 aromatic heterocycles. The normalized spacial score (nSPS) is 10.0. The molecule has 3 rings (SSSR count). The summed E-state index contributed by atoms with van der Waals surface area (Å²) in [6.45, 7) is -0.244. The number of nitrogens with one attached hydrogen (secondary N) is 2. The minimum absolute atomic E-state index is 0.188. The zero-order valence-corrected chi connectivity index (χ0v) is 19.0. The average Bonchev–Trinajstić information content (AvgIpc) is 2.89. The van der Waals surface area contributed by atoms with Gasteiger partial charge in [-0.15, -0.1) is 0 Å². The van der Waals surface area contributed by atoms with Gasteiger partial charge in [0.1, 0.15) is 5.75 Å². The fourth-order valence-corrected chi connectivity index (χ4v) is 3.16. The van der Waals surface area contributed by atoms with E-state index in [0.717, 1.165) is 16.7 Å². The maximum absolute atomic E-state index is 12.0. The molecule has 0 aliphatic carbocycles. The Kier molecular flexibility index (Phi) is 8.47. The van der Waals surface area contributed by atoms with Crippen LogP contribution in [0.15, 0.2) is 66.7 Å². The Labute approximate surface area is 198 Å². The van der Waals surface area contributed by atoms with E-state index in [1.165, 1.54) is 0 Å². The topological polar surface area (TPSA) is 110 Å². The van der Waals surface area contributed by atoms with Crippen LogP contribution >= 0.6 is 0 Å². The first-order chi connectivity index (χ1) is 16.5. The van der Waals surface area contributed by atoms with Gasteiger partial charge in [-0.05, 0) is 59.5 Å². The second-order valence-electron chi connectivity index (χ2n) is 7.29. The molecular formula is C26H25N3O5. The minimum atomic E-state index is -0.476. The first-order valence-electron chi connectivity index (χ1n) is 10.5. The summed E-state index contributed by atoms with van der Waals surface area (Å²) in [5, 5.41) is 8.89. The van der Waals surface area contributed by atoms with Crippen LogP contribution in [0.25, 0.3) is 11.1 Å². The van der Waals surface area contributed by atoms with E-state index in [9.17, 15) is 9.59 Å². The molecule has 2 N–H and O–H groups in total. The van der Waals surface area contributed by atoms with Crippen LogP contribution in [0, 0.1) is 11.3 Å². The van der Waals surface area contributed by atoms with E-state index in [4.69, 9.17) is 19.5 Å². The molecule has 174 valence electrons. The lowest BCUT2D eigenvalue weighted by Gasteiger charge is -2.11. The number of methoxy groups -OCH3 is 2. The molecule has 8 heteroatoms. The van der Waals surface area contributed by atoms with Gasteiger partial charge in [-0.25, -0.2) is 0 Å². The van der Waals surface area contributed by atoms with E-state index in [0.29, 0.717) is 29.2 Å². The van der Waals surface area contributed by atoms with Gasteiger partial charge in [-0.2, -0.15) is 5.26 Å². The number of hydrogen-bond donors (Lipinski definition) is 2. The zero-order chi connectivity index (χ0) is 24.3. The van der Waals surface area contributed by atoms with Gasteiger partial charge in [0.15, 0.2) is 18.1 Å². The molecule has 0 aliphatic heterocycles. The number of aryl methyl sites for hydroxylation is 1. The van der Waals surface area contributed by atoms with Crippen LogP contribution in [0.2, 0.25) is 0 Å². The van der Waals surface area contributed by atoms with Crippen LogP contribution in [0.1, 0.15) is 17.5 Å². The van der Waals surface area contributed by atoms with E-state index < -0.39 is 5.91 Å². The summed E-state index contributed by atoms with van der Waals surface area (Å²) in [6, 6.07) is 22.0. The first-order valence-corrected chi connectivity index (χ1v) is 10.5. The Balaban J connectivity index is 1.40. The van der Waals surface area contributed by atoms with E-state index in [2.05, 4.69) is 16.9 Å². The predicted molar refractivity (Wildman–Crippen MR) is 126 cm³/mol. The van der Waals surface area contributed by atoms with Gasteiger partial charge in [-0.3, -0.25) is 20.4 Å². The molecule has 0 fully saturated rings. The molecule has 3 aromatic rings. The highest BCUT2D eigenvalue weighted by molar-refractivity contribution is 5.82. The standard InChI is InChI=1S/C26H25N3O5/c1-32-23-13-5-18(15-24(23)33-2)6-14-25(30)28-29-26(31)17-34-22-11-9-21(10-12-22)20-7-3-19(16-27)4-8-20/h3-5,7-13,15H,6,14,17H2,1-2H3,(H,28,30)(H,29,31). The zero-order valence-electron chi connectivity index (χ0n) is 19.0. The summed E-state index contributed by atoms with van der Waals surface area (Å²) >= 11 is 0. The molecule has 8 nitrogen and oxygen atoms in total. The molecule has 0 radical (unpaired) electrons. The fourth-order valence-electron chi connectivity index (χ4n) is 3.16. The maximum Gasteiger partial charge on any atom is 0.276 e. The number of nitrogens with zero attached hydrogens (tertiary/aromatic N) is 1. The molecule has 0 saturated heterocycles. The number of carbonyl (C=O) groups is 2. The molecule has 0 heterocycles. The third-order valence-corrected chi connectivity index (χ3v) is 5.00. The first kappa shape index (κ1) is 24.1. The summed E-state index contributed by atoms with van der Waals surface area (Å²) in [4.78, 5) is 24.0. The molecule has 34 heavy (non-hydrogen) atoms. The number of hydrogen-bond acceptors (Lipinski definition) is 6. The quantitative estimate of drug-likeness (QED) is 0.475. The molecule has 0 spiro atoms. The van der Waals surface area contributed by atoms with Crippen LogP contribution in [0.5, 0.6) is 17.2 Å². The Morgan fingerprint density at radius 2 is 1.44 bits per heavy atom. The van der Waals surface area contributed by atoms with Crippen molar-refractivity contribution in [3.63, 3.8) is 0 Å². The van der Waals surface area contributed by atoms with Crippen LogP contribution in [0.4, 0.5) is 0 Å². The van der Waals surface area contributed by atoms with E-state index >= 15 is 0 Å². The monoisotopic (exact) mass is 459 g/mol. The molecule has 0 aliphatic rings. The van der Waals surface area contributed by atoms with Crippen LogP contribution in [-0.4, -0.2) is 32.6 Å². The average molecular weight is 460 g/mol. The van der Waals surface area contributed by atoms with Crippen LogP contribution in [-0.2, 0) is 16.0 Å². The lowest BCUT2D eigenvalue weighted by Crippen LogP contribution is -2.43. The van der Waals surface area contributed by atoms with Gasteiger partial charge in [0, 0.05) is 6.42 Å². The summed E-state index contributed by atoms with van der Waals surface area (Å²) in [5.74, 6) is 0.931.